The highest BCUT2D eigenvalue weighted by molar-refractivity contribution is 14.1. The summed E-state index contributed by atoms with van der Waals surface area (Å²) in [6, 6.07) is 6.83. The van der Waals surface area contributed by atoms with Gasteiger partial charge in [0.2, 0.25) is 0 Å². The predicted octanol–water partition coefficient (Wildman–Crippen LogP) is 5.33. The third-order valence-corrected chi connectivity index (χ3v) is 5.29. The van der Waals surface area contributed by atoms with Crippen molar-refractivity contribution in [2.75, 3.05) is 5.32 Å². The third kappa shape index (κ3) is 3.13. The molecule has 1 nitrogen and oxygen atoms in total. The van der Waals surface area contributed by atoms with E-state index in [9.17, 15) is 0 Å². The first-order valence-corrected chi connectivity index (χ1v) is 8.39. The molecule has 0 heterocycles. The van der Waals surface area contributed by atoms with E-state index in [0.717, 1.165) is 22.5 Å². The van der Waals surface area contributed by atoms with Gasteiger partial charge in [0, 0.05) is 9.61 Å². The molecule has 3 heteroatoms. The Balaban J connectivity index is 1.65. The van der Waals surface area contributed by atoms with Crippen molar-refractivity contribution in [2.45, 2.75) is 44.6 Å². The average molecular weight is 376 g/mol. The lowest BCUT2D eigenvalue weighted by molar-refractivity contribution is 0.303. The molecule has 3 rings (SSSR count). The molecule has 1 aromatic carbocycles. The van der Waals surface area contributed by atoms with Gasteiger partial charge in [-0.15, -0.1) is 0 Å². The molecular weight excluding hydrogens is 357 g/mol. The summed E-state index contributed by atoms with van der Waals surface area (Å²) in [6.45, 7) is 0. The van der Waals surface area contributed by atoms with Gasteiger partial charge in [0.1, 0.15) is 0 Å². The van der Waals surface area contributed by atoms with Crippen LogP contribution in [0.4, 0.5) is 5.69 Å². The first-order valence-electron chi connectivity index (χ1n) is 6.94. The van der Waals surface area contributed by atoms with E-state index in [2.05, 4.69) is 40.0 Å². The lowest BCUT2D eigenvalue weighted by atomic mass is 9.82. The fourth-order valence-corrected chi connectivity index (χ4v) is 3.85. The fourth-order valence-electron chi connectivity index (χ4n) is 3.18. The van der Waals surface area contributed by atoms with Gasteiger partial charge in [-0.1, -0.05) is 24.4 Å². The van der Waals surface area contributed by atoms with Gasteiger partial charge in [-0.3, -0.25) is 0 Å². The van der Waals surface area contributed by atoms with E-state index in [0.29, 0.717) is 6.04 Å². The van der Waals surface area contributed by atoms with Crippen molar-refractivity contribution in [2.24, 2.45) is 11.8 Å². The number of hydrogen-bond acceptors (Lipinski definition) is 1. The zero-order valence-electron chi connectivity index (χ0n) is 10.5. The monoisotopic (exact) mass is 375 g/mol. The SMILES string of the molecule is Clc1ccc(I)cc1NC1CCCC(C2CC2)C1. The zero-order valence-corrected chi connectivity index (χ0v) is 13.4. The molecule has 0 spiro atoms. The molecule has 0 bridgehead atoms. The van der Waals surface area contributed by atoms with Gasteiger partial charge < -0.3 is 5.32 Å². The molecule has 0 aromatic heterocycles. The molecular formula is C15H19ClIN. The Bertz CT molecular complexity index is 431. The second-order valence-electron chi connectivity index (χ2n) is 5.73. The molecule has 0 saturated heterocycles. The van der Waals surface area contributed by atoms with Crippen molar-refractivity contribution in [3.63, 3.8) is 0 Å². The van der Waals surface area contributed by atoms with Crippen LogP contribution >= 0.6 is 34.2 Å². The summed E-state index contributed by atoms with van der Waals surface area (Å²) >= 11 is 8.60. The van der Waals surface area contributed by atoms with E-state index in [4.69, 9.17) is 11.6 Å². The van der Waals surface area contributed by atoms with Gasteiger partial charge in [-0.05, 0) is 78.3 Å². The van der Waals surface area contributed by atoms with Crippen LogP contribution < -0.4 is 5.32 Å². The van der Waals surface area contributed by atoms with Gasteiger partial charge in [0.25, 0.3) is 0 Å². The van der Waals surface area contributed by atoms with Crippen LogP contribution in [0.2, 0.25) is 5.02 Å². The Morgan fingerprint density at radius 2 is 1.94 bits per heavy atom. The van der Waals surface area contributed by atoms with E-state index in [-0.39, 0.29) is 0 Å². The average Bonchev–Trinajstić information content (AvgIpc) is 3.18. The molecule has 2 aliphatic carbocycles. The maximum atomic E-state index is 6.26. The second-order valence-corrected chi connectivity index (χ2v) is 7.38. The lowest BCUT2D eigenvalue weighted by Gasteiger charge is -2.30. The van der Waals surface area contributed by atoms with Crippen molar-refractivity contribution < 1.29 is 0 Å². The van der Waals surface area contributed by atoms with Gasteiger partial charge >= 0.3 is 0 Å². The quantitative estimate of drug-likeness (QED) is 0.705. The number of anilines is 1. The minimum Gasteiger partial charge on any atom is -0.381 e. The third-order valence-electron chi connectivity index (χ3n) is 4.29. The number of benzene rings is 1. The van der Waals surface area contributed by atoms with Crippen molar-refractivity contribution in [1.82, 2.24) is 0 Å². The Morgan fingerprint density at radius 1 is 1.11 bits per heavy atom. The molecule has 0 radical (unpaired) electrons. The van der Waals surface area contributed by atoms with Crippen LogP contribution in [-0.4, -0.2) is 6.04 Å². The van der Waals surface area contributed by atoms with E-state index < -0.39 is 0 Å². The Kier molecular flexibility index (Phi) is 4.04. The Labute approximate surface area is 128 Å². The highest BCUT2D eigenvalue weighted by Gasteiger charge is 2.34. The van der Waals surface area contributed by atoms with Gasteiger partial charge in [0.05, 0.1) is 10.7 Å². The predicted molar refractivity (Wildman–Crippen MR) is 86.3 cm³/mol. The molecule has 1 N–H and O–H groups in total. The van der Waals surface area contributed by atoms with Crippen molar-refractivity contribution >= 4 is 39.9 Å². The van der Waals surface area contributed by atoms with E-state index >= 15 is 0 Å². The number of halogens is 2. The van der Waals surface area contributed by atoms with Gasteiger partial charge in [0.15, 0.2) is 0 Å². The molecule has 2 aliphatic rings. The van der Waals surface area contributed by atoms with Crippen LogP contribution in [0.3, 0.4) is 0 Å². The summed E-state index contributed by atoms with van der Waals surface area (Å²) in [7, 11) is 0. The van der Waals surface area contributed by atoms with Crippen LogP contribution in [0.1, 0.15) is 38.5 Å². The fraction of sp³-hybridized carbons (Fsp3) is 0.600. The summed E-state index contributed by atoms with van der Waals surface area (Å²) in [5.41, 5.74) is 1.12. The topological polar surface area (TPSA) is 12.0 Å². The molecule has 1 aromatic rings. The summed E-state index contributed by atoms with van der Waals surface area (Å²) in [6.07, 6.45) is 8.41. The molecule has 2 unspecified atom stereocenters. The minimum absolute atomic E-state index is 0.625. The summed E-state index contributed by atoms with van der Waals surface area (Å²) in [5.74, 6) is 2.01. The van der Waals surface area contributed by atoms with Gasteiger partial charge in [-0.25, -0.2) is 0 Å². The molecule has 2 atom stereocenters. The number of hydrogen-bond donors (Lipinski definition) is 1. The highest BCUT2D eigenvalue weighted by Crippen LogP contribution is 2.44. The van der Waals surface area contributed by atoms with Crippen LogP contribution in [0.5, 0.6) is 0 Å². The molecule has 2 fully saturated rings. The standard InChI is InChI=1S/C15H19ClIN/c16-14-7-6-12(17)9-15(14)18-13-3-1-2-11(8-13)10-4-5-10/h6-7,9-11,13,18H,1-5,8H2. The largest absolute Gasteiger partial charge is 0.381 e. The second kappa shape index (κ2) is 5.58. The molecule has 0 aliphatic heterocycles. The highest BCUT2D eigenvalue weighted by atomic mass is 127. The summed E-state index contributed by atoms with van der Waals surface area (Å²) in [5, 5.41) is 4.52. The van der Waals surface area contributed by atoms with Crippen LogP contribution in [0, 0.1) is 15.4 Å². The Hall–Kier alpha value is 0.0400. The maximum absolute atomic E-state index is 6.26. The smallest absolute Gasteiger partial charge is 0.0638 e. The maximum Gasteiger partial charge on any atom is 0.0638 e. The van der Waals surface area contributed by atoms with Crippen molar-refractivity contribution in [1.29, 1.82) is 0 Å². The molecule has 18 heavy (non-hydrogen) atoms. The van der Waals surface area contributed by atoms with Crippen LogP contribution in [-0.2, 0) is 0 Å². The normalized spacial score (nSPS) is 28.1. The van der Waals surface area contributed by atoms with Crippen LogP contribution in [0.15, 0.2) is 18.2 Å². The van der Waals surface area contributed by atoms with Crippen molar-refractivity contribution in [3.8, 4) is 0 Å². The molecule has 0 amide bonds. The van der Waals surface area contributed by atoms with Crippen LogP contribution in [0.25, 0.3) is 0 Å². The lowest BCUT2D eigenvalue weighted by Crippen LogP contribution is -2.28. The van der Waals surface area contributed by atoms with E-state index in [1.165, 1.54) is 42.1 Å². The summed E-state index contributed by atoms with van der Waals surface area (Å²) in [4.78, 5) is 0. The molecule has 98 valence electrons. The Morgan fingerprint density at radius 3 is 2.72 bits per heavy atom. The number of rotatable bonds is 3. The first kappa shape index (κ1) is 13.0. The summed E-state index contributed by atoms with van der Waals surface area (Å²) < 4.78 is 1.24. The van der Waals surface area contributed by atoms with E-state index in [1.54, 1.807) is 0 Å². The van der Waals surface area contributed by atoms with Crippen molar-refractivity contribution in [3.05, 3.63) is 26.8 Å². The zero-order chi connectivity index (χ0) is 12.5. The number of nitrogens with one attached hydrogen (secondary N) is 1. The van der Waals surface area contributed by atoms with E-state index in [1.807, 2.05) is 6.07 Å². The van der Waals surface area contributed by atoms with Gasteiger partial charge in [-0.2, -0.15) is 0 Å². The minimum atomic E-state index is 0.625. The first-order chi connectivity index (χ1) is 8.72. The molecule has 2 saturated carbocycles.